The van der Waals surface area contributed by atoms with Crippen LogP contribution in [-0.4, -0.2) is 49.4 Å². The Kier molecular flexibility index (Phi) is 6.04. The molecule has 0 spiro atoms. The predicted molar refractivity (Wildman–Crippen MR) is 75.9 cm³/mol. The Hall–Kier alpha value is -1.86. The average Bonchev–Trinajstić information content (AvgIpc) is 2.42. The molecule has 19 heavy (non-hydrogen) atoms. The van der Waals surface area contributed by atoms with E-state index in [1.54, 1.807) is 24.3 Å². The van der Waals surface area contributed by atoms with Crippen molar-refractivity contribution in [1.29, 1.82) is 5.26 Å². The summed E-state index contributed by atoms with van der Waals surface area (Å²) in [4.78, 5) is 16.3. The molecule has 0 aliphatic heterocycles. The Bertz CT molecular complexity index is 445. The van der Waals surface area contributed by atoms with Gasteiger partial charge < -0.3 is 9.80 Å². The first-order valence-corrected chi connectivity index (χ1v) is 6.52. The van der Waals surface area contributed by atoms with E-state index in [4.69, 9.17) is 5.26 Å². The topological polar surface area (TPSA) is 47.3 Å². The van der Waals surface area contributed by atoms with Crippen molar-refractivity contribution >= 4 is 5.91 Å². The van der Waals surface area contributed by atoms with Gasteiger partial charge in [0.15, 0.2) is 0 Å². The monoisotopic (exact) mass is 259 g/mol. The number of carbonyl (C=O) groups excluding carboxylic acids is 1. The minimum absolute atomic E-state index is 0.0354. The van der Waals surface area contributed by atoms with Crippen LogP contribution in [0.5, 0.6) is 0 Å². The number of nitriles is 1. The highest BCUT2D eigenvalue weighted by Gasteiger charge is 2.14. The summed E-state index contributed by atoms with van der Waals surface area (Å²) in [6.07, 6.45) is 0.940. The minimum atomic E-state index is 0.0354. The number of rotatable bonds is 6. The Morgan fingerprint density at radius 2 is 1.79 bits per heavy atom. The van der Waals surface area contributed by atoms with Crippen LogP contribution >= 0.6 is 0 Å². The highest BCUT2D eigenvalue weighted by atomic mass is 16.2. The van der Waals surface area contributed by atoms with Gasteiger partial charge in [0.25, 0.3) is 5.91 Å². The molecule has 0 radical (unpaired) electrons. The molecule has 0 unspecified atom stereocenters. The Balaban J connectivity index is 2.77. The lowest BCUT2D eigenvalue weighted by Gasteiger charge is -2.24. The van der Waals surface area contributed by atoms with Crippen molar-refractivity contribution in [1.82, 2.24) is 9.80 Å². The van der Waals surface area contributed by atoms with Crippen LogP contribution in [0, 0.1) is 11.3 Å². The van der Waals surface area contributed by atoms with Gasteiger partial charge >= 0.3 is 0 Å². The summed E-state index contributed by atoms with van der Waals surface area (Å²) in [6.45, 7) is 4.39. The van der Waals surface area contributed by atoms with Crippen LogP contribution in [0.3, 0.4) is 0 Å². The third-order valence-corrected chi connectivity index (χ3v) is 2.86. The lowest BCUT2D eigenvalue weighted by molar-refractivity contribution is 0.0745. The molecule has 0 heterocycles. The second-order valence-corrected chi connectivity index (χ2v) is 4.78. The van der Waals surface area contributed by atoms with E-state index in [9.17, 15) is 4.79 Å². The fourth-order valence-corrected chi connectivity index (χ4v) is 1.78. The first-order valence-electron chi connectivity index (χ1n) is 6.52. The van der Waals surface area contributed by atoms with E-state index in [2.05, 4.69) is 17.9 Å². The van der Waals surface area contributed by atoms with Crippen LogP contribution in [0.4, 0.5) is 0 Å². The zero-order chi connectivity index (χ0) is 14.3. The van der Waals surface area contributed by atoms with Crippen LogP contribution in [0.1, 0.15) is 29.3 Å². The van der Waals surface area contributed by atoms with Gasteiger partial charge in [0, 0.05) is 25.2 Å². The maximum Gasteiger partial charge on any atom is 0.253 e. The van der Waals surface area contributed by atoms with E-state index in [0.29, 0.717) is 11.1 Å². The van der Waals surface area contributed by atoms with Gasteiger partial charge in [0.05, 0.1) is 11.6 Å². The van der Waals surface area contributed by atoms with Gasteiger partial charge in [0.2, 0.25) is 0 Å². The molecular formula is C15H21N3O. The number of amides is 1. The second kappa shape index (κ2) is 7.55. The summed E-state index contributed by atoms with van der Waals surface area (Å²) < 4.78 is 0. The van der Waals surface area contributed by atoms with Crippen molar-refractivity contribution in [2.45, 2.75) is 13.3 Å². The summed E-state index contributed by atoms with van der Waals surface area (Å²) in [7, 11) is 3.99. The second-order valence-electron chi connectivity index (χ2n) is 4.78. The van der Waals surface area contributed by atoms with Crippen molar-refractivity contribution in [3.8, 4) is 6.07 Å². The summed E-state index contributed by atoms with van der Waals surface area (Å²) in [6, 6.07) is 8.87. The Morgan fingerprint density at radius 3 is 2.26 bits per heavy atom. The first-order chi connectivity index (χ1) is 9.08. The number of hydrogen-bond donors (Lipinski definition) is 0. The largest absolute Gasteiger partial charge is 0.337 e. The molecule has 0 aliphatic rings. The van der Waals surface area contributed by atoms with Crippen molar-refractivity contribution in [2.75, 3.05) is 33.7 Å². The predicted octanol–water partition coefficient (Wildman–Crippen LogP) is 1.97. The quantitative estimate of drug-likeness (QED) is 0.784. The zero-order valence-corrected chi connectivity index (χ0v) is 11.9. The van der Waals surface area contributed by atoms with Crippen molar-refractivity contribution in [3.05, 3.63) is 35.4 Å². The molecule has 4 nitrogen and oxygen atoms in total. The highest BCUT2D eigenvalue weighted by Crippen LogP contribution is 2.08. The maximum absolute atomic E-state index is 12.4. The fourth-order valence-electron chi connectivity index (χ4n) is 1.78. The van der Waals surface area contributed by atoms with Crippen LogP contribution in [-0.2, 0) is 0 Å². The number of benzene rings is 1. The molecule has 0 aliphatic carbocycles. The number of hydrogen-bond acceptors (Lipinski definition) is 3. The highest BCUT2D eigenvalue weighted by molar-refractivity contribution is 5.94. The van der Waals surface area contributed by atoms with E-state index in [1.807, 2.05) is 19.0 Å². The van der Waals surface area contributed by atoms with Crippen LogP contribution < -0.4 is 0 Å². The standard InChI is InChI=1S/C15H21N3O/c1-4-9-18(11-10-17(2)3)15(19)14-7-5-13(12-16)6-8-14/h5-8H,4,9-11H2,1-3H3. The molecule has 1 rings (SSSR count). The first kappa shape index (κ1) is 15.2. The molecule has 0 bridgehead atoms. The van der Waals surface area contributed by atoms with E-state index < -0.39 is 0 Å². The van der Waals surface area contributed by atoms with E-state index in [-0.39, 0.29) is 5.91 Å². The van der Waals surface area contributed by atoms with E-state index in [1.165, 1.54) is 0 Å². The summed E-state index contributed by atoms with van der Waals surface area (Å²) in [5.74, 6) is 0.0354. The summed E-state index contributed by atoms with van der Waals surface area (Å²) in [5.41, 5.74) is 1.22. The molecule has 1 amide bonds. The van der Waals surface area contributed by atoms with Gasteiger partial charge in [-0.05, 0) is 44.8 Å². The molecule has 0 saturated carbocycles. The van der Waals surface area contributed by atoms with Crippen LogP contribution in [0.2, 0.25) is 0 Å². The van der Waals surface area contributed by atoms with Crippen molar-refractivity contribution in [2.24, 2.45) is 0 Å². The smallest absolute Gasteiger partial charge is 0.253 e. The minimum Gasteiger partial charge on any atom is -0.337 e. The number of likely N-dealkylation sites (N-methyl/N-ethyl adjacent to an activating group) is 1. The Morgan fingerprint density at radius 1 is 1.16 bits per heavy atom. The molecular weight excluding hydrogens is 238 g/mol. The molecule has 4 heteroatoms. The Labute approximate surface area is 115 Å². The molecule has 102 valence electrons. The van der Waals surface area contributed by atoms with Crippen molar-refractivity contribution in [3.63, 3.8) is 0 Å². The summed E-state index contributed by atoms with van der Waals surface area (Å²) in [5, 5.41) is 8.75. The number of nitrogens with zero attached hydrogens (tertiary/aromatic N) is 3. The fraction of sp³-hybridized carbons (Fsp3) is 0.467. The lowest BCUT2D eigenvalue weighted by Crippen LogP contribution is -2.37. The maximum atomic E-state index is 12.4. The van der Waals surface area contributed by atoms with Crippen molar-refractivity contribution < 1.29 is 4.79 Å². The van der Waals surface area contributed by atoms with Gasteiger partial charge in [0.1, 0.15) is 0 Å². The van der Waals surface area contributed by atoms with E-state index >= 15 is 0 Å². The van der Waals surface area contributed by atoms with E-state index in [0.717, 1.165) is 26.1 Å². The molecule has 0 aromatic heterocycles. The SMILES string of the molecule is CCCN(CCN(C)C)C(=O)c1ccc(C#N)cc1. The van der Waals surface area contributed by atoms with Gasteiger partial charge in [-0.25, -0.2) is 0 Å². The van der Waals surface area contributed by atoms with Gasteiger partial charge in [-0.15, -0.1) is 0 Å². The van der Waals surface area contributed by atoms with Crippen LogP contribution in [0.25, 0.3) is 0 Å². The third kappa shape index (κ3) is 4.72. The summed E-state index contributed by atoms with van der Waals surface area (Å²) >= 11 is 0. The molecule has 0 saturated heterocycles. The van der Waals surface area contributed by atoms with Gasteiger partial charge in [-0.2, -0.15) is 5.26 Å². The molecule has 0 fully saturated rings. The zero-order valence-electron chi connectivity index (χ0n) is 11.9. The molecule has 0 atom stereocenters. The molecule has 1 aromatic rings. The van der Waals surface area contributed by atoms with Gasteiger partial charge in [-0.3, -0.25) is 4.79 Å². The molecule has 0 N–H and O–H groups in total. The molecule has 1 aromatic carbocycles. The number of carbonyl (C=O) groups is 1. The normalized spacial score (nSPS) is 10.3. The lowest BCUT2D eigenvalue weighted by atomic mass is 10.1. The van der Waals surface area contributed by atoms with Gasteiger partial charge in [-0.1, -0.05) is 6.92 Å². The van der Waals surface area contributed by atoms with Crippen LogP contribution in [0.15, 0.2) is 24.3 Å². The third-order valence-electron chi connectivity index (χ3n) is 2.86. The average molecular weight is 259 g/mol.